The predicted molar refractivity (Wildman–Crippen MR) is 499 cm³/mol. The molecule has 0 unspecified atom stereocenters. The maximum Gasteiger partial charge on any atom is 0.242 e. The molecule has 0 atom stereocenters. The number of benzene rings is 5. The minimum absolute atomic E-state index is 0.257. The summed E-state index contributed by atoms with van der Waals surface area (Å²) in [6, 6.07) is 32.9. The van der Waals surface area contributed by atoms with E-state index in [9.17, 15) is 24.0 Å². The summed E-state index contributed by atoms with van der Waals surface area (Å²) in [6.07, 6.45) is 19.3. The highest BCUT2D eigenvalue weighted by Crippen LogP contribution is 2.38. The van der Waals surface area contributed by atoms with Gasteiger partial charge >= 0.3 is 0 Å². The fourth-order valence-electron chi connectivity index (χ4n) is 20.4. The van der Waals surface area contributed by atoms with Gasteiger partial charge in [-0.1, -0.05) is 39.2 Å². The van der Waals surface area contributed by atoms with Gasteiger partial charge in [0, 0.05) is 271 Å². The number of hydrogen-bond acceptors (Lipinski definition) is 11. The number of piperazine rings is 1. The Hall–Kier alpha value is -7.15. The fraction of sp³-hybridized carbons (Fsp3) is 0.526. The van der Waals surface area contributed by atoms with Gasteiger partial charge in [0.05, 0.1) is 0 Å². The molecule has 119 heavy (non-hydrogen) atoms. The zero-order chi connectivity index (χ0) is 82.5. The van der Waals surface area contributed by atoms with Crippen molar-refractivity contribution in [2.24, 2.45) is 0 Å². The van der Waals surface area contributed by atoms with Crippen molar-refractivity contribution in [3.8, 4) is 0 Å². The molecule has 5 fully saturated rings. The van der Waals surface area contributed by atoms with Crippen molar-refractivity contribution in [3.05, 3.63) is 170 Å². The first-order valence-corrected chi connectivity index (χ1v) is 47.4. The summed E-state index contributed by atoms with van der Waals surface area (Å²) in [5.74, 6) is 1.38. The van der Waals surface area contributed by atoms with Crippen LogP contribution in [-0.2, 0) is 122 Å². The lowest BCUT2D eigenvalue weighted by atomic mass is 10.0. The van der Waals surface area contributed by atoms with Crippen molar-refractivity contribution >= 4 is 145 Å². The summed E-state index contributed by atoms with van der Waals surface area (Å²) in [5.41, 5.74) is 22.4. The lowest BCUT2D eigenvalue weighted by molar-refractivity contribution is -0.134. The molecule has 10 aliphatic rings. The monoisotopic (exact) mass is 1900 g/mol. The predicted octanol–water partition coefficient (Wildman–Crippen LogP) is 13.9. The Morgan fingerprint density at radius 1 is 0.311 bits per heavy atom. The molecule has 0 spiro atoms. The quantitative estimate of drug-likeness (QED) is 0.125. The Morgan fingerprint density at radius 2 is 0.588 bits per heavy atom. The fourth-order valence-corrected chi connectivity index (χ4v) is 21.7. The van der Waals surface area contributed by atoms with E-state index in [1.165, 1.54) is 155 Å². The van der Waals surface area contributed by atoms with Crippen LogP contribution in [0, 0.1) is 21.0 Å². The van der Waals surface area contributed by atoms with Gasteiger partial charge in [-0.05, 0) is 271 Å². The van der Waals surface area contributed by atoms with Crippen LogP contribution in [0.25, 0.3) is 54.5 Å². The lowest BCUT2D eigenvalue weighted by Gasteiger charge is -2.33. The molecule has 10 aromatic rings. The van der Waals surface area contributed by atoms with Gasteiger partial charge in [-0.3, -0.25) is 24.0 Å². The Morgan fingerprint density at radius 3 is 0.933 bits per heavy atom. The second-order valence-corrected chi connectivity index (χ2v) is 38.8. The second kappa shape index (κ2) is 38.7. The molecule has 20 rings (SSSR count). The molecule has 24 heteroatoms. The van der Waals surface area contributed by atoms with E-state index in [4.69, 9.17) is 0 Å². The van der Waals surface area contributed by atoms with Crippen LogP contribution >= 0.6 is 61.1 Å². The van der Waals surface area contributed by atoms with Crippen molar-refractivity contribution in [2.45, 2.75) is 188 Å². The highest BCUT2D eigenvalue weighted by molar-refractivity contribution is 14.1. The Bertz CT molecular complexity index is 5110. The molecule has 0 saturated carbocycles. The summed E-state index contributed by atoms with van der Waals surface area (Å²) in [4.78, 5) is 83.7. The van der Waals surface area contributed by atoms with Crippen LogP contribution in [0.1, 0.15) is 144 Å². The highest BCUT2D eigenvalue weighted by atomic mass is 127. The topological polar surface area (TPSA) is 163 Å². The van der Waals surface area contributed by atoms with Crippen LogP contribution in [0.3, 0.4) is 0 Å². The molecule has 0 bridgehead atoms. The van der Waals surface area contributed by atoms with Gasteiger partial charge < -0.3 is 77.6 Å². The number of carbonyl (C=O) groups is 5. The third-order valence-electron chi connectivity index (χ3n) is 26.9. The average molecular weight is 1900 g/mol. The van der Waals surface area contributed by atoms with Gasteiger partial charge in [-0.2, -0.15) is 0 Å². The second-order valence-electron chi connectivity index (χ2n) is 35.3. The number of rotatable bonds is 10. The van der Waals surface area contributed by atoms with Gasteiger partial charge in [0.1, 0.15) is 32.7 Å². The van der Waals surface area contributed by atoms with E-state index >= 15 is 0 Å². The average Bonchev–Trinajstić information content (AvgIpc) is 1.72. The number of nitrogens with zero attached hydrogens (tertiary/aromatic N) is 14. The van der Waals surface area contributed by atoms with Gasteiger partial charge in [0.15, 0.2) is 0 Å². The Kier molecular flexibility index (Phi) is 27.8. The standard InChI is InChI=1S/C20H28N4O.C19H24BrN3O.C19H24IN3O.C19H25N3O.C18H22IN3O/c1-15-4-5-18-16(12-15)17-13-22(3)7-6-19(17)24(18)14-20(25)23-10-8-21(2)9-11-23;2*1-21-10-7-18-16(12-21)15-11-14(20)5-6-17(15)23(18)13-19(24)22-8-3-2-4-9-22;1-14-5-6-17-15(11-14)16-12-20-8-7-18(16)22(17)13-19(23)21-9-3-2-4-10-21;19-13-4-5-16-14(10-13)15-11-20-7-6-17(15)22(16)12-18(23)21-8-2-1-3-9-21/h4-5,12H,6-11,13-14H2,1-3H3;2*5-6,11H,2-4,7-10,12-13H2,1H3;5-6,11,20H,2-4,7-10,12-13H2,1H3;4-5,10,20H,1-3,6-9,11-12H2. The van der Waals surface area contributed by atoms with Gasteiger partial charge in [0.2, 0.25) is 29.5 Å². The van der Waals surface area contributed by atoms with Crippen molar-refractivity contribution in [1.29, 1.82) is 0 Å². The first-order valence-electron chi connectivity index (χ1n) is 44.4. The Balaban J connectivity index is 0.000000111. The molecular weight excluding hydrogens is 1780 g/mol. The summed E-state index contributed by atoms with van der Waals surface area (Å²) in [5, 5.41) is 13.5. The van der Waals surface area contributed by atoms with Crippen molar-refractivity contribution in [2.75, 3.05) is 139 Å². The Labute approximate surface area is 738 Å². The molecule has 5 amide bonds. The first kappa shape index (κ1) is 85.4. The summed E-state index contributed by atoms with van der Waals surface area (Å²) in [7, 11) is 8.65. The van der Waals surface area contributed by atoms with Crippen LogP contribution in [-0.4, -0.2) is 236 Å². The summed E-state index contributed by atoms with van der Waals surface area (Å²) >= 11 is 8.35. The van der Waals surface area contributed by atoms with Gasteiger partial charge in [-0.25, -0.2) is 0 Å². The van der Waals surface area contributed by atoms with E-state index < -0.39 is 0 Å². The van der Waals surface area contributed by atoms with Crippen LogP contribution in [0.15, 0.2) is 95.5 Å². The van der Waals surface area contributed by atoms with Crippen LogP contribution in [0.4, 0.5) is 0 Å². The number of aromatic nitrogens is 5. The SMILES string of the molecule is CN1CCc2c(c3cc(Br)ccc3n2CC(=O)N2CCCCC2)C1.CN1CCc2c(c3cc(I)ccc3n2CC(=O)N2CCCCC2)C1.Cc1ccc2c(c1)c1c(n2CC(=O)N2CCCCC2)CCNC1.Cc1ccc2c(c1)c1c(n2CC(=O)N2CCN(C)CC2)CCN(C)C1.O=C(Cn1c2c(c3cc(I)ccc31)CNCC2)N1CCCCC1. The number of piperidine rings is 4. The lowest BCUT2D eigenvalue weighted by Crippen LogP contribution is -2.48. The van der Waals surface area contributed by atoms with E-state index in [2.05, 4.69) is 267 Å². The van der Waals surface area contributed by atoms with E-state index in [1.54, 1.807) is 0 Å². The minimum atomic E-state index is 0.257. The number of hydrogen-bond donors (Lipinski definition) is 2. The number of carbonyl (C=O) groups excluding carboxylic acids is 5. The number of nitrogens with one attached hydrogen (secondary N) is 2. The molecule has 0 aliphatic carbocycles. The molecule has 0 radical (unpaired) electrons. The van der Waals surface area contributed by atoms with E-state index in [-0.39, 0.29) is 29.5 Å². The molecule has 5 saturated heterocycles. The van der Waals surface area contributed by atoms with E-state index in [1.807, 2.05) is 4.90 Å². The van der Waals surface area contributed by atoms with Gasteiger partial charge in [0.25, 0.3) is 0 Å². The number of halogens is 3. The molecule has 10 aliphatic heterocycles. The summed E-state index contributed by atoms with van der Waals surface area (Å²) in [6.45, 7) is 27.7. The zero-order valence-corrected chi connectivity index (χ0v) is 77.1. The highest BCUT2D eigenvalue weighted by Gasteiger charge is 2.32. The summed E-state index contributed by atoms with van der Waals surface area (Å²) < 4.78 is 15.0. The van der Waals surface area contributed by atoms with Crippen LogP contribution in [0.2, 0.25) is 0 Å². The number of amides is 5. The largest absolute Gasteiger partial charge is 0.341 e. The maximum absolute atomic E-state index is 12.9. The molecule has 634 valence electrons. The van der Waals surface area contributed by atoms with E-state index in [0.29, 0.717) is 32.7 Å². The third kappa shape index (κ3) is 19.3. The number of likely N-dealkylation sites (N-methyl/N-ethyl adjacent to an activating group) is 4. The van der Waals surface area contributed by atoms with Gasteiger partial charge in [-0.15, -0.1) is 0 Å². The third-order valence-corrected chi connectivity index (χ3v) is 28.8. The molecule has 21 nitrogen and oxygen atoms in total. The minimum Gasteiger partial charge on any atom is -0.341 e. The van der Waals surface area contributed by atoms with Crippen LogP contribution in [0.5, 0.6) is 0 Å². The molecule has 5 aromatic heterocycles. The van der Waals surface area contributed by atoms with Crippen LogP contribution < -0.4 is 10.6 Å². The number of likely N-dealkylation sites (tertiary alicyclic amines) is 4. The molecule has 2 N–H and O–H groups in total. The molecule has 5 aromatic carbocycles. The van der Waals surface area contributed by atoms with Crippen molar-refractivity contribution in [1.82, 2.24) is 77.6 Å². The smallest absolute Gasteiger partial charge is 0.242 e. The number of aryl methyl sites for hydroxylation is 2. The van der Waals surface area contributed by atoms with Crippen molar-refractivity contribution < 1.29 is 24.0 Å². The normalized spacial score (nSPS) is 18.7. The van der Waals surface area contributed by atoms with E-state index in [0.717, 1.165) is 232 Å². The molecule has 15 heterocycles. The zero-order valence-electron chi connectivity index (χ0n) is 71.2. The first-order chi connectivity index (χ1) is 57.8. The maximum atomic E-state index is 12.9. The van der Waals surface area contributed by atoms with Crippen molar-refractivity contribution in [3.63, 3.8) is 0 Å². The number of fused-ring (bicyclic) bond motifs is 15. The molecular formula is C95H123BrI2N16O5.